The highest BCUT2D eigenvalue weighted by molar-refractivity contribution is 5.29. The molecule has 0 aromatic heterocycles. The van der Waals surface area contributed by atoms with Gasteiger partial charge in [0.1, 0.15) is 5.83 Å². The summed E-state index contributed by atoms with van der Waals surface area (Å²) in [5.41, 5.74) is 1.16. The molecule has 80 valence electrons. The summed E-state index contributed by atoms with van der Waals surface area (Å²) in [6.07, 6.45) is 5.14. The monoisotopic (exact) mass is 197 g/mol. The fraction of sp³-hybridized carbons (Fsp3) is 0.667. The average Bonchev–Trinajstić information content (AvgIpc) is 2.60. The first-order valence-electron chi connectivity index (χ1n) is 5.42. The van der Waals surface area contributed by atoms with Crippen LogP contribution in [0.4, 0.5) is 4.39 Å². The van der Waals surface area contributed by atoms with E-state index in [9.17, 15) is 4.39 Å². The van der Waals surface area contributed by atoms with E-state index in [0.29, 0.717) is 18.4 Å². The van der Waals surface area contributed by atoms with E-state index in [2.05, 4.69) is 26.1 Å². The molecule has 0 saturated carbocycles. The fourth-order valence-corrected chi connectivity index (χ4v) is 1.46. The van der Waals surface area contributed by atoms with Crippen LogP contribution < -0.4 is 5.32 Å². The van der Waals surface area contributed by atoms with Gasteiger partial charge in [-0.2, -0.15) is 0 Å². The van der Waals surface area contributed by atoms with E-state index >= 15 is 0 Å². The van der Waals surface area contributed by atoms with Crippen LogP contribution in [-0.2, 0) is 0 Å². The van der Waals surface area contributed by atoms with Crippen LogP contribution in [0.25, 0.3) is 0 Å². The summed E-state index contributed by atoms with van der Waals surface area (Å²) in [4.78, 5) is 0. The third-order valence-electron chi connectivity index (χ3n) is 2.88. The summed E-state index contributed by atoms with van der Waals surface area (Å²) in [6, 6.07) is 0.300. The van der Waals surface area contributed by atoms with Gasteiger partial charge in [0.05, 0.1) is 0 Å². The zero-order chi connectivity index (χ0) is 10.6. The first-order valence-corrected chi connectivity index (χ1v) is 5.42. The van der Waals surface area contributed by atoms with Crippen LogP contribution in [0.3, 0.4) is 0 Å². The highest BCUT2D eigenvalue weighted by Gasteiger charge is 2.14. The molecule has 1 nitrogen and oxygen atoms in total. The van der Waals surface area contributed by atoms with Gasteiger partial charge in [-0.05, 0) is 31.0 Å². The topological polar surface area (TPSA) is 12.0 Å². The Morgan fingerprint density at radius 3 is 2.64 bits per heavy atom. The van der Waals surface area contributed by atoms with Gasteiger partial charge in [-0.3, -0.25) is 0 Å². The first kappa shape index (κ1) is 11.4. The number of halogens is 1. The zero-order valence-electron chi connectivity index (χ0n) is 9.31. The molecule has 1 aliphatic carbocycles. The van der Waals surface area contributed by atoms with Gasteiger partial charge in [-0.15, -0.1) is 0 Å². The second-order valence-electron chi connectivity index (χ2n) is 4.18. The van der Waals surface area contributed by atoms with Crippen molar-refractivity contribution in [3.63, 3.8) is 0 Å². The Balaban J connectivity index is 2.26. The van der Waals surface area contributed by atoms with Gasteiger partial charge in [-0.1, -0.05) is 26.3 Å². The van der Waals surface area contributed by atoms with E-state index in [0.717, 1.165) is 12.1 Å². The molecule has 1 aliphatic rings. The van der Waals surface area contributed by atoms with Gasteiger partial charge >= 0.3 is 0 Å². The molecule has 0 aromatic carbocycles. The highest BCUT2D eigenvalue weighted by atomic mass is 19.1. The van der Waals surface area contributed by atoms with Crippen molar-refractivity contribution < 1.29 is 4.39 Å². The Bertz CT molecular complexity index is 243. The number of allylic oxidation sites excluding steroid dienone is 3. The summed E-state index contributed by atoms with van der Waals surface area (Å²) in [6.45, 7) is 7.52. The summed E-state index contributed by atoms with van der Waals surface area (Å²) >= 11 is 0. The van der Waals surface area contributed by atoms with Crippen LogP contribution >= 0.6 is 0 Å². The van der Waals surface area contributed by atoms with Crippen molar-refractivity contribution in [2.75, 3.05) is 6.54 Å². The summed E-state index contributed by atoms with van der Waals surface area (Å²) in [7, 11) is 0. The third-order valence-corrected chi connectivity index (χ3v) is 2.88. The number of nitrogens with one attached hydrogen (secondary N) is 1. The van der Waals surface area contributed by atoms with Crippen LogP contribution in [0.5, 0.6) is 0 Å². The van der Waals surface area contributed by atoms with Crippen molar-refractivity contribution in [1.29, 1.82) is 0 Å². The molecular formula is C12H20FN. The van der Waals surface area contributed by atoms with Gasteiger partial charge in [0.15, 0.2) is 0 Å². The smallest absolute Gasteiger partial charge is 0.104 e. The molecule has 2 unspecified atom stereocenters. The van der Waals surface area contributed by atoms with E-state index in [-0.39, 0.29) is 5.83 Å². The number of hydrogen-bond donors (Lipinski definition) is 1. The van der Waals surface area contributed by atoms with E-state index < -0.39 is 0 Å². The maximum Gasteiger partial charge on any atom is 0.104 e. The maximum atomic E-state index is 12.8. The van der Waals surface area contributed by atoms with Crippen LogP contribution in [0.2, 0.25) is 0 Å². The maximum absolute atomic E-state index is 12.8. The van der Waals surface area contributed by atoms with Crippen molar-refractivity contribution in [3.8, 4) is 0 Å². The molecule has 0 fully saturated rings. The SMILES string of the molecule is CCC(C)CNC(C)C1=CC=C(F)C1. The van der Waals surface area contributed by atoms with Crippen molar-refractivity contribution in [3.05, 3.63) is 23.6 Å². The third kappa shape index (κ3) is 3.26. The predicted octanol–water partition coefficient (Wildman–Crippen LogP) is 3.19. The fourth-order valence-electron chi connectivity index (χ4n) is 1.46. The van der Waals surface area contributed by atoms with Gasteiger partial charge in [0.2, 0.25) is 0 Å². The quantitative estimate of drug-likeness (QED) is 0.713. The Morgan fingerprint density at radius 1 is 1.43 bits per heavy atom. The van der Waals surface area contributed by atoms with Crippen LogP contribution in [0.15, 0.2) is 23.6 Å². The molecule has 1 N–H and O–H groups in total. The molecule has 1 rings (SSSR count). The molecule has 0 amide bonds. The molecule has 0 bridgehead atoms. The Morgan fingerprint density at radius 2 is 2.14 bits per heavy atom. The number of hydrogen-bond acceptors (Lipinski definition) is 1. The second-order valence-corrected chi connectivity index (χ2v) is 4.18. The zero-order valence-corrected chi connectivity index (χ0v) is 9.31. The van der Waals surface area contributed by atoms with E-state index in [1.807, 2.05) is 6.08 Å². The Labute approximate surface area is 86.1 Å². The van der Waals surface area contributed by atoms with Crippen molar-refractivity contribution in [1.82, 2.24) is 5.32 Å². The largest absolute Gasteiger partial charge is 0.310 e. The molecule has 0 spiro atoms. The lowest BCUT2D eigenvalue weighted by Crippen LogP contribution is -2.31. The van der Waals surface area contributed by atoms with Gasteiger partial charge in [0.25, 0.3) is 0 Å². The number of rotatable bonds is 5. The van der Waals surface area contributed by atoms with Gasteiger partial charge in [-0.25, -0.2) is 4.39 Å². The van der Waals surface area contributed by atoms with Crippen LogP contribution in [0, 0.1) is 5.92 Å². The summed E-state index contributed by atoms with van der Waals surface area (Å²) < 4.78 is 12.8. The van der Waals surface area contributed by atoms with E-state index in [1.165, 1.54) is 6.42 Å². The van der Waals surface area contributed by atoms with Crippen LogP contribution in [0.1, 0.15) is 33.6 Å². The lowest BCUT2D eigenvalue weighted by atomic mass is 10.1. The van der Waals surface area contributed by atoms with Crippen molar-refractivity contribution in [2.45, 2.75) is 39.7 Å². The summed E-state index contributed by atoms with van der Waals surface area (Å²) in [5, 5.41) is 3.43. The lowest BCUT2D eigenvalue weighted by Gasteiger charge is -2.17. The minimum Gasteiger partial charge on any atom is -0.310 e. The molecule has 0 aliphatic heterocycles. The van der Waals surface area contributed by atoms with E-state index in [4.69, 9.17) is 0 Å². The molecule has 2 atom stereocenters. The van der Waals surface area contributed by atoms with Crippen molar-refractivity contribution >= 4 is 0 Å². The molecule has 0 aromatic rings. The minimum atomic E-state index is -0.0165. The van der Waals surface area contributed by atoms with Gasteiger partial charge in [0, 0.05) is 12.5 Å². The van der Waals surface area contributed by atoms with Gasteiger partial charge < -0.3 is 5.32 Å². The normalized spacial score (nSPS) is 20.3. The molecule has 2 heteroatoms. The molecular weight excluding hydrogens is 177 g/mol. The van der Waals surface area contributed by atoms with Crippen molar-refractivity contribution in [2.24, 2.45) is 5.92 Å². The summed E-state index contributed by atoms with van der Waals surface area (Å²) in [5.74, 6) is 0.675. The predicted molar refractivity (Wildman–Crippen MR) is 58.8 cm³/mol. The molecule has 0 saturated heterocycles. The lowest BCUT2D eigenvalue weighted by molar-refractivity contribution is 0.470. The Kier molecular flexibility index (Phi) is 4.33. The van der Waals surface area contributed by atoms with E-state index in [1.54, 1.807) is 6.08 Å². The Hall–Kier alpha value is -0.630. The molecule has 0 radical (unpaired) electrons. The molecule has 0 heterocycles. The molecule has 14 heavy (non-hydrogen) atoms. The first-order chi connectivity index (χ1) is 6.63. The second kappa shape index (κ2) is 5.30. The minimum absolute atomic E-state index is 0.0165. The highest BCUT2D eigenvalue weighted by Crippen LogP contribution is 2.22. The average molecular weight is 197 g/mol. The standard InChI is InChI=1S/C12H20FN/c1-4-9(2)8-14-10(3)11-5-6-12(13)7-11/h5-6,9-10,14H,4,7-8H2,1-3H3. The van der Waals surface area contributed by atoms with Crippen LogP contribution in [-0.4, -0.2) is 12.6 Å².